The van der Waals surface area contributed by atoms with Crippen LogP contribution in [0.1, 0.15) is 36.0 Å². The SMILES string of the molecule is O=C1Nc2cc(N3CCCCCC3CO)c(F)cc2C1=O. The molecule has 1 aromatic rings. The number of hydrogen-bond acceptors (Lipinski definition) is 4. The number of carbonyl (C=O) groups excluding carboxylic acids is 2. The lowest BCUT2D eigenvalue weighted by Gasteiger charge is -2.31. The van der Waals surface area contributed by atoms with E-state index in [2.05, 4.69) is 5.32 Å². The van der Waals surface area contributed by atoms with E-state index < -0.39 is 17.5 Å². The van der Waals surface area contributed by atoms with E-state index in [0.717, 1.165) is 31.7 Å². The molecule has 21 heavy (non-hydrogen) atoms. The summed E-state index contributed by atoms with van der Waals surface area (Å²) in [4.78, 5) is 24.8. The van der Waals surface area contributed by atoms with Gasteiger partial charge in [-0.3, -0.25) is 9.59 Å². The molecule has 1 fully saturated rings. The average molecular weight is 292 g/mol. The van der Waals surface area contributed by atoms with Crippen molar-refractivity contribution in [3.8, 4) is 0 Å². The van der Waals surface area contributed by atoms with Gasteiger partial charge < -0.3 is 15.3 Å². The number of benzene rings is 1. The van der Waals surface area contributed by atoms with Gasteiger partial charge in [-0.25, -0.2) is 4.39 Å². The second-order valence-corrected chi connectivity index (χ2v) is 5.51. The van der Waals surface area contributed by atoms with E-state index in [9.17, 15) is 19.1 Å². The van der Waals surface area contributed by atoms with Crippen LogP contribution in [0, 0.1) is 5.82 Å². The first-order valence-corrected chi connectivity index (χ1v) is 7.18. The predicted octanol–water partition coefficient (Wildman–Crippen LogP) is 1.70. The second kappa shape index (κ2) is 5.44. The third kappa shape index (κ3) is 2.40. The largest absolute Gasteiger partial charge is 0.394 e. The summed E-state index contributed by atoms with van der Waals surface area (Å²) in [6, 6.07) is 2.49. The fraction of sp³-hybridized carbons (Fsp3) is 0.467. The molecule has 2 N–H and O–H groups in total. The number of fused-ring (bicyclic) bond motifs is 1. The molecule has 5 nitrogen and oxygen atoms in total. The van der Waals surface area contributed by atoms with Crippen LogP contribution in [0.3, 0.4) is 0 Å². The Morgan fingerprint density at radius 3 is 2.86 bits per heavy atom. The van der Waals surface area contributed by atoms with Crippen molar-refractivity contribution in [3.05, 3.63) is 23.5 Å². The van der Waals surface area contributed by atoms with Crippen LogP contribution in [0.15, 0.2) is 12.1 Å². The number of amides is 1. The molecule has 1 aromatic carbocycles. The van der Waals surface area contributed by atoms with Crippen LogP contribution in [-0.2, 0) is 4.79 Å². The highest BCUT2D eigenvalue weighted by molar-refractivity contribution is 6.51. The van der Waals surface area contributed by atoms with Gasteiger partial charge in [0.25, 0.3) is 11.7 Å². The van der Waals surface area contributed by atoms with Crippen molar-refractivity contribution in [1.29, 1.82) is 0 Å². The van der Waals surface area contributed by atoms with Crippen molar-refractivity contribution in [1.82, 2.24) is 0 Å². The van der Waals surface area contributed by atoms with Gasteiger partial charge in [-0.05, 0) is 25.0 Å². The van der Waals surface area contributed by atoms with Gasteiger partial charge in [-0.15, -0.1) is 0 Å². The molecule has 3 rings (SSSR count). The number of rotatable bonds is 2. The van der Waals surface area contributed by atoms with Gasteiger partial charge in [0.05, 0.1) is 29.6 Å². The Morgan fingerprint density at radius 1 is 1.29 bits per heavy atom. The van der Waals surface area contributed by atoms with Crippen LogP contribution in [-0.4, -0.2) is 36.0 Å². The molecule has 1 unspecified atom stereocenters. The lowest BCUT2D eigenvalue weighted by molar-refractivity contribution is -0.112. The van der Waals surface area contributed by atoms with E-state index in [1.54, 1.807) is 0 Å². The van der Waals surface area contributed by atoms with Gasteiger partial charge in [0.15, 0.2) is 0 Å². The molecule has 0 spiro atoms. The number of carbonyl (C=O) groups is 2. The number of hydrogen-bond donors (Lipinski definition) is 2. The summed E-state index contributed by atoms with van der Waals surface area (Å²) in [6.45, 7) is 0.616. The minimum absolute atomic E-state index is 0.0399. The Labute approximate surface area is 121 Å². The molecule has 2 heterocycles. The smallest absolute Gasteiger partial charge is 0.296 e. The molecule has 6 heteroatoms. The number of ketones is 1. The zero-order valence-electron chi connectivity index (χ0n) is 11.6. The predicted molar refractivity (Wildman–Crippen MR) is 76.0 cm³/mol. The Bertz CT molecular complexity index is 603. The van der Waals surface area contributed by atoms with Crippen molar-refractivity contribution in [3.63, 3.8) is 0 Å². The van der Waals surface area contributed by atoms with Crippen LogP contribution in [0.25, 0.3) is 0 Å². The summed E-state index contributed by atoms with van der Waals surface area (Å²) in [5, 5.41) is 12.0. The van der Waals surface area contributed by atoms with Gasteiger partial charge in [-0.1, -0.05) is 12.8 Å². The van der Waals surface area contributed by atoms with E-state index in [1.807, 2.05) is 4.90 Å². The number of nitrogens with zero attached hydrogens (tertiary/aromatic N) is 1. The van der Waals surface area contributed by atoms with E-state index >= 15 is 0 Å². The summed E-state index contributed by atoms with van der Waals surface area (Å²) in [5.41, 5.74) is 0.767. The number of aliphatic hydroxyl groups excluding tert-OH is 1. The minimum Gasteiger partial charge on any atom is -0.394 e. The van der Waals surface area contributed by atoms with Crippen molar-refractivity contribution in [2.75, 3.05) is 23.4 Å². The number of nitrogens with one attached hydrogen (secondary N) is 1. The second-order valence-electron chi connectivity index (χ2n) is 5.51. The molecule has 1 saturated heterocycles. The highest BCUT2D eigenvalue weighted by Crippen LogP contribution is 2.33. The Morgan fingerprint density at radius 2 is 2.10 bits per heavy atom. The number of anilines is 2. The highest BCUT2D eigenvalue weighted by atomic mass is 19.1. The topological polar surface area (TPSA) is 69.6 Å². The summed E-state index contributed by atoms with van der Waals surface area (Å²) in [6.07, 6.45) is 3.79. The van der Waals surface area contributed by atoms with Crippen molar-refractivity contribution in [2.45, 2.75) is 31.7 Å². The Kier molecular flexibility index (Phi) is 3.63. The summed E-state index contributed by atoms with van der Waals surface area (Å²) < 4.78 is 14.4. The lowest BCUT2D eigenvalue weighted by Crippen LogP contribution is -2.38. The van der Waals surface area contributed by atoms with Crippen LogP contribution >= 0.6 is 0 Å². The summed E-state index contributed by atoms with van der Waals surface area (Å²) >= 11 is 0. The third-order valence-electron chi connectivity index (χ3n) is 4.18. The van der Waals surface area contributed by atoms with Crippen molar-refractivity contribution < 1.29 is 19.1 Å². The lowest BCUT2D eigenvalue weighted by atomic mass is 10.1. The minimum atomic E-state index is -0.726. The number of halogens is 1. The van der Waals surface area contributed by atoms with Crippen LogP contribution in [0.4, 0.5) is 15.8 Å². The zero-order chi connectivity index (χ0) is 15.0. The standard InChI is InChI=1S/C15H17FN2O3/c16-11-6-10-12(17-15(21)14(10)20)7-13(11)18-5-3-1-2-4-9(18)8-19/h6-7,9,19H,1-5,8H2,(H,17,20,21). The quantitative estimate of drug-likeness (QED) is 0.814. The molecule has 1 amide bonds. The molecule has 0 radical (unpaired) electrons. The third-order valence-corrected chi connectivity index (χ3v) is 4.18. The first kappa shape index (κ1) is 14.0. The molecule has 0 saturated carbocycles. The van der Waals surface area contributed by atoms with E-state index in [0.29, 0.717) is 17.9 Å². The Hall–Kier alpha value is -1.95. The van der Waals surface area contributed by atoms with Gasteiger partial charge in [-0.2, -0.15) is 0 Å². The zero-order valence-corrected chi connectivity index (χ0v) is 11.6. The van der Waals surface area contributed by atoms with E-state index in [1.165, 1.54) is 6.07 Å². The summed E-state index contributed by atoms with van der Waals surface area (Å²) in [5.74, 6) is -1.96. The highest BCUT2D eigenvalue weighted by Gasteiger charge is 2.31. The molecular weight excluding hydrogens is 275 g/mol. The molecule has 2 aliphatic heterocycles. The molecule has 0 bridgehead atoms. The first-order valence-electron chi connectivity index (χ1n) is 7.18. The van der Waals surface area contributed by atoms with Gasteiger partial charge in [0.2, 0.25) is 0 Å². The molecule has 112 valence electrons. The molecule has 0 aromatic heterocycles. The maximum Gasteiger partial charge on any atom is 0.296 e. The van der Waals surface area contributed by atoms with Crippen molar-refractivity contribution in [2.24, 2.45) is 0 Å². The number of aliphatic hydroxyl groups is 1. The fourth-order valence-corrected chi connectivity index (χ4v) is 3.06. The van der Waals surface area contributed by atoms with Gasteiger partial charge >= 0.3 is 0 Å². The molecule has 2 aliphatic rings. The summed E-state index contributed by atoms with van der Waals surface area (Å²) in [7, 11) is 0. The van der Waals surface area contributed by atoms with Crippen LogP contribution in [0.5, 0.6) is 0 Å². The first-order chi connectivity index (χ1) is 10.1. The number of Topliss-reactive ketones (excluding diaryl/α,β-unsaturated/α-hetero) is 1. The fourth-order valence-electron chi connectivity index (χ4n) is 3.06. The normalized spacial score (nSPS) is 22.0. The van der Waals surface area contributed by atoms with E-state index in [4.69, 9.17) is 0 Å². The monoisotopic (exact) mass is 292 g/mol. The van der Waals surface area contributed by atoms with Gasteiger partial charge in [0, 0.05) is 6.54 Å². The van der Waals surface area contributed by atoms with Crippen LogP contribution in [0.2, 0.25) is 0 Å². The maximum atomic E-state index is 14.4. The average Bonchev–Trinajstić information content (AvgIpc) is 2.68. The molecular formula is C15H17FN2O3. The Balaban J connectivity index is 2.00. The van der Waals surface area contributed by atoms with E-state index in [-0.39, 0.29) is 18.2 Å². The molecule has 1 atom stereocenters. The molecule has 0 aliphatic carbocycles. The maximum absolute atomic E-state index is 14.4. The van der Waals surface area contributed by atoms with Crippen LogP contribution < -0.4 is 10.2 Å². The van der Waals surface area contributed by atoms with Gasteiger partial charge in [0.1, 0.15) is 5.82 Å². The van der Waals surface area contributed by atoms with Crippen molar-refractivity contribution >= 4 is 23.1 Å².